The van der Waals surface area contributed by atoms with Gasteiger partial charge in [0.25, 0.3) is 0 Å². The van der Waals surface area contributed by atoms with Crippen LogP contribution in [0.2, 0.25) is 5.15 Å². The molecular formula is C13H14ClN3S. The van der Waals surface area contributed by atoms with Crippen LogP contribution in [0.4, 0.5) is 11.5 Å². The van der Waals surface area contributed by atoms with Crippen LogP contribution in [0.5, 0.6) is 0 Å². The van der Waals surface area contributed by atoms with Crippen molar-refractivity contribution in [2.75, 3.05) is 11.6 Å². The molecule has 1 heterocycles. The lowest BCUT2D eigenvalue weighted by Gasteiger charge is -2.10. The van der Waals surface area contributed by atoms with Crippen LogP contribution in [0.25, 0.3) is 0 Å². The topological polar surface area (TPSA) is 37.8 Å². The molecule has 2 rings (SSSR count). The zero-order valence-corrected chi connectivity index (χ0v) is 11.8. The number of aromatic nitrogens is 2. The third-order valence-corrected chi connectivity index (χ3v) is 3.67. The molecule has 0 aliphatic heterocycles. The van der Waals surface area contributed by atoms with Crippen LogP contribution in [-0.2, 0) is 6.42 Å². The normalized spacial score (nSPS) is 10.4. The fourth-order valence-electron chi connectivity index (χ4n) is 1.62. The fraction of sp³-hybridized carbons (Fsp3) is 0.231. The Balaban J connectivity index is 2.25. The van der Waals surface area contributed by atoms with Crippen LogP contribution in [-0.4, -0.2) is 16.2 Å². The minimum atomic E-state index is 0.510. The molecule has 0 spiro atoms. The van der Waals surface area contributed by atoms with Gasteiger partial charge in [0.1, 0.15) is 17.3 Å². The van der Waals surface area contributed by atoms with E-state index < -0.39 is 0 Å². The molecule has 0 aliphatic rings. The number of hydrogen-bond acceptors (Lipinski definition) is 4. The first-order chi connectivity index (χ1) is 8.74. The van der Waals surface area contributed by atoms with Gasteiger partial charge in [-0.05, 0) is 36.9 Å². The number of rotatable bonds is 4. The summed E-state index contributed by atoms with van der Waals surface area (Å²) < 4.78 is 0. The van der Waals surface area contributed by atoms with Crippen molar-refractivity contribution in [1.29, 1.82) is 0 Å². The van der Waals surface area contributed by atoms with Crippen LogP contribution >= 0.6 is 23.4 Å². The molecule has 1 aromatic heterocycles. The van der Waals surface area contributed by atoms with Gasteiger partial charge in [-0.25, -0.2) is 9.97 Å². The highest BCUT2D eigenvalue weighted by molar-refractivity contribution is 7.98. The van der Waals surface area contributed by atoms with Crippen molar-refractivity contribution in [3.8, 4) is 0 Å². The first-order valence-corrected chi connectivity index (χ1v) is 7.25. The number of hydrogen-bond donors (Lipinski definition) is 1. The molecule has 0 saturated heterocycles. The zero-order chi connectivity index (χ0) is 13.0. The molecule has 3 nitrogen and oxygen atoms in total. The summed E-state index contributed by atoms with van der Waals surface area (Å²) in [6, 6.07) is 8.20. The van der Waals surface area contributed by atoms with Crippen LogP contribution in [0.15, 0.2) is 35.5 Å². The van der Waals surface area contributed by atoms with E-state index in [1.54, 1.807) is 11.8 Å². The molecule has 2 aromatic rings. The van der Waals surface area contributed by atoms with Crippen molar-refractivity contribution in [1.82, 2.24) is 9.97 Å². The molecule has 94 valence electrons. The maximum absolute atomic E-state index is 6.05. The van der Waals surface area contributed by atoms with Crippen LogP contribution in [0.3, 0.4) is 0 Å². The first-order valence-electron chi connectivity index (χ1n) is 5.65. The summed E-state index contributed by atoms with van der Waals surface area (Å²) in [7, 11) is 0. The Morgan fingerprint density at radius 2 is 1.94 bits per heavy atom. The minimum absolute atomic E-state index is 0.510. The van der Waals surface area contributed by atoms with Gasteiger partial charge in [-0.2, -0.15) is 0 Å². The van der Waals surface area contributed by atoms with Gasteiger partial charge in [-0.1, -0.05) is 18.5 Å². The van der Waals surface area contributed by atoms with Crippen molar-refractivity contribution >= 4 is 34.9 Å². The van der Waals surface area contributed by atoms with Crippen molar-refractivity contribution < 1.29 is 0 Å². The van der Waals surface area contributed by atoms with Gasteiger partial charge in [0.15, 0.2) is 0 Å². The van der Waals surface area contributed by atoms with Gasteiger partial charge >= 0.3 is 0 Å². The molecule has 0 amide bonds. The monoisotopic (exact) mass is 279 g/mol. The van der Waals surface area contributed by atoms with Gasteiger partial charge in [0.05, 0.1) is 0 Å². The van der Waals surface area contributed by atoms with Gasteiger partial charge in [0.2, 0.25) is 0 Å². The molecule has 0 unspecified atom stereocenters. The second-order valence-corrected chi connectivity index (χ2v) is 4.94. The Bertz CT molecular complexity index is 528. The summed E-state index contributed by atoms with van der Waals surface area (Å²) in [6.07, 6.45) is 4.33. The van der Waals surface area contributed by atoms with E-state index in [0.29, 0.717) is 5.15 Å². The van der Waals surface area contributed by atoms with Crippen molar-refractivity contribution in [2.45, 2.75) is 18.2 Å². The number of nitrogens with zero attached hydrogens (tertiary/aromatic N) is 2. The average molecular weight is 280 g/mol. The van der Waals surface area contributed by atoms with E-state index in [9.17, 15) is 0 Å². The second-order valence-electron chi connectivity index (χ2n) is 3.70. The Morgan fingerprint density at radius 3 is 2.56 bits per heavy atom. The maximum atomic E-state index is 6.05. The third kappa shape index (κ3) is 2.94. The third-order valence-electron chi connectivity index (χ3n) is 2.60. The number of thioether (sulfide) groups is 1. The Morgan fingerprint density at radius 1 is 1.22 bits per heavy atom. The van der Waals surface area contributed by atoms with Gasteiger partial charge < -0.3 is 5.32 Å². The lowest BCUT2D eigenvalue weighted by atomic mass is 10.2. The predicted octanol–water partition coefficient (Wildman–Crippen LogP) is 4.16. The van der Waals surface area contributed by atoms with Crippen molar-refractivity contribution in [3.63, 3.8) is 0 Å². The van der Waals surface area contributed by atoms with Crippen molar-refractivity contribution in [2.24, 2.45) is 0 Å². The van der Waals surface area contributed by atoms with Crippen molar-refractivity contribution in [3.05, 3.63) is 41.3 Å². The van der Waals surface area contributed by atoms with E-state index in [0.717, 1.165) is 23.5 Å². The first kappa shape index (κ1) is 13.2. The SMILES string of the molecule is CCc1c(Cl)ncnc1Nc1ccc(SC)cc1. The smallest absolute Gasteiger partial charge is 0.138 e. The largest absolute Gasteiger partial charge is 0.340 e. The summed E-state index contributed by atoms with van der Waals surface area (Å²) in [4.78, 5) is 9.46. The van der Waals surface area contributed by atoms with Gasteiger partial charge in [-0.3, -0.25) is 0 Å². The lowest BCUT2D eigenvalue weighted by molar-refractivity contribution is 1.05. The fourth-order valence-corrected chi connectivity index (χ4v) is 2.30. The molecule has 0 saturated carbocycles. The Labute approximate surface area is 116 Å². The summed E-state index contributed by atoms with van der Waals surface area (Å²) >= 11 is 7.77. The number of benzene rings is 1. The number of anilines is 2. The summed E-state index contributed by atoms with van der Waals surface area (Å²) in [6.45, 7) is 2.03. The summed E-state index contributed by atoms with van der Waals surface area (Å²) in [5.74, 6) is 0.773. The molecule has 0 aliphatic carbocycles. The molecular weight excluding hydrogens is 266 g/mol. The highest BCUT2D eigenvalue weighted by Crippen LogP contribution is 2.25. The second kappa shape index (κ2) is 6.07. The summed E-state index contributed by atoms with van der Waals surface area (Å²) in [5.41, 5.74) is 1.94. The van der Waals surface area contributed by atoms with Crippen LogP contribution < -0.4 is 5.32 Å². The minimum Gasteiger partial charge on any atom is -0.340 e. The molecule has 0 bridgehead atoms. The van der Waals surface area contributed by atoms with Crippen LogP contribution in [0.1, 0.15) is 12.5 Å². The molecule has 18 heavy (non-hydrogen) atoms. The average Bonchev–Trinajstić information content (AvgIpc) is 2.40. The molecule has 5 heteroatoms. The van der Waals surface area contributed by atoms with E-state index in [1.165, 1.54) is 11.2 Å². The Hall–Kier alpha value is -1.26. The Kier molecular flexibility index (Phi) is 4.44. The molecule has 1 aromatic carbocycles. The molecule has 0 fully saturated rings. The zero-order valence-electron chi connectivity index (χ0n) is 10.3. The quantitative estimate of drug-likeness (QED) is 0.674. The number of halogens is 1. The summed E-state index contributed by atoms with van der Waals surface area (Å²) in [5, 5.41) is 3.78. The van der Waals surface area contributed by atoms with Gasteiger partial charge in [-0.15, -0.1) is 11.8 Å². The van der Waals surface area contributed by atoms with Crippen LogP contribution in [0, 0.1) is 0 Å². The molecule has 1 N–H and O–H groups in total. The van der Waals surface area contributed by atoms with E-state index >= 15 is 0 Å². The standard InChI is InChI=1S/C13H14ClN3S/c1-3-11-12(14)15-8-16-13(11)17-9-4-6-10(18-2)7-5-9/h4-8H,3H2,1-2H3,(H,15,16,17). The molecule has 0 atom stereocenters. The lowest BCUT2D eigenvalue weighted by Crippen LogP contribution is -2.00. The van der Waals surface area contributed by atoms with E-state index in [4.69, 9.17) is 11.6 Å². The predicted molar refractivity (Wildman–Crippen MR) is 77.9 cm³/mol. The molecule has 0 radical (unpaired) electrons. The van der Waals surface area contributed by atoms with Gasteiger partial charge in [0, 0.05) is 16.1 Å². The highest BCUT2D eigenvalue weighted by atomic mass is 35.5. The van der Waals surface area contributed by atoms with E-state index in [-0.39, 0.29) is 0 Å². The van der Waals surface area contributed by atoms with E-state index in [1.807, 2.05) is 19.1 Å². The van der Waals surface area contributed by atoms with E-state index in [2.05, 4.69) is 33.7 Å². The maximum Gasteiger partial charge on any atom is 0.138 e. The number of nitrogens with one attached hydrogen (secondary N) is 1. The highest BCUT2D eigenvalue weighted by Gasteiger charge is 2.07.